The Morgan fingerprint density at radius 1 is 1.25 bits per heavy atom. The minimum absolute atomic E-state index is 0.152. The van der Waals surface area contributed by atoms with Crippen LogP contribution in [0.1, 0.15) is 32.1 Å². The molecule has 0 aromatic heterocycles. The minimum Gasteiger partial charge on any atom is -0.481 e. The molecule has 0 bridgehead atoms. The first-order chi connectivity index (χ1) is 7.70. The first kappa shape index (κ1) is 14.1. The molecule has 0 saturated carbocycles. The van der Waals surface area contributed by atoms with Gasteiger partial charge in [-0.1, -0.05) is 23.1 Å². The van der Waals surface area contributed by atoms with Crippen LogP contribution in [0.5, 0.6) is 0 Å². The van der Waals surface area contributed by atoms with E-state index in [2.05, 4.69) is 20.1 Å². The number of rotatable bonds is 9. The molecular formula is C8H14N6O2. The van der Waals surface area contributed by atoms with Gasteiger partial charge in [0.1, 0.15) is 0 Å². The van der Waals surface area contributed by atoms with Gasteiger partial charge in [-0.2, -0.15) is 0 Å². The zero-order chi connectivity index (χ0) is 12.2. The van der Waals surface area contributed by atoms with Gasteiger partial charge in [0.05, 0.1) is 0 Å². The summed E-state index contributed by atoms with van der Waals surface area (Å²) in [7, 11) is 0. The number of unbranched alkanes of at least 4 members (excludes halogenated alkanes) is 2. The first-order valence-electron chi connectivity index (χ1n) is 4.97. The Balaban J connectivity index is 3.71. The van der Waals surface area contributed by atoms with Crippen LogP contribution in [-0.2, 0) is 4.79 Å². The van der Waals surface area contributed by atoms with Crippen molar-refractivity contribution in [2.75, 3.05) is 6.54 Å². The van der Waals surface area contributed by atoms with Crippen LogP contribution in [0.15, 0.2) is 10.2 Å². The molecule has 1 atom stereocenters. The molecule has 0 aromatic rings. The Morgan fingerprint density at radius 2 is 2.00 bits per heavy atom. The summed E-state index contributed by atoms with van der Waals surface area (Å²) in [5.41, 5.74) is 16.4. The SMILES string of the molecule is [N-]=[N+]=NCC(CCCCCC(=O)O)N=[N+]=[N-]. The van der Waals surface area contributed by atoms with Gasteiger partial charge in [-0.15, -0.1) is 0 Å². The van der Waals surface area contributed by atoms with Crippen molar-refractivity contribution in [3.63, 3.8) is 0 Å². The van der Waals surface area contributed by atoms with Crippen molar-refractivity contribution in [3.05, 3.63) is 20.9 Å². The molecule has 8 heteroatoms. The Kier molecular flexibility index (Phi) is 8.49. The quantitative estimate of drug-likeness (QED) is 0.280. The van der Waals surface area contributed by atoms with E-state index >= 15 is 0 Å². The van der Waals surface area contributed by atoms with Crippen molar-refractivity contribution in [1.29, 1.82) is 0 Å². The maximum Gasteiger partial charge on any atom is 0.303 e. The van der Waals surface area contributed by atoms with Crippen molar-refractivity contribution in [3.8, 4) is 0 Å². The minimum atomic E-state index is -0.805. The van der Waals surface area contributed by atoms with Gasteiger partial charge in [0, 0.05) is 28.8 Å². The number of nitrogens with zero attached hydrogens (tertiary/aromatic N) is 6. The van der Waals surface area contributed by atoms with Crippen LogP contribution in [0.2, 0.25) is 0 Å². The number of carbonyl (C=O) groups is 1. The van der Waals surface area contributed by atoms with E-state index in [0.717, 1.165) is 12.8 Å². The van der Waals surface area contributed by atoms with E-state index in [4.69, 9.17) is 16.2 Å². The van der Waals surface area contributed by atoms with Gasteiger partial charge < -0.3 is 5.11 Å². The third kappa shape index (κ3) is 8.68. The summed E-state index contributed by atoms with van der Waals surface area (Å²) in [6.45, 7) is 0.152. The molecule has 0 saturated heterocycles. The van der Waals surface area contributed by atoms with Crippen LogP contribution in [-0.4, -0.2) is 23.7 Å². The van der Waals surface area contributed by atoms with Crippen molar-refractivity contribution in [2.45, 2.75) is 38.1 Å². The van der Waals surface area contributed by atoms with E-state index in [-0.39, 0.29) is 19.0 Å². The number of carboxylic acids is 1. The second-order valence-electron chi connectivity index (χ2n) is 3.27. The number of aliphatic carboxylic acids is 1. The lowest BCUT2D eigenvalue weighted by molar-refractivity contribution is -0.137. The summed E-state index contributed by atoms with van der Waals surface area (Å²) in [5.74, 6) is -0.805. The molecule has 8 nitrogen and oxygen atoms in total. The highest BCUT2D eigenvalue weighted by Crippen LogP contribution is 2.09. The normalized spacial score (nSPS) is 11.0. The summed E-state index contributed by atoms with van der Waals surface area (Å²) in [5, 5.41) is 15.2. The van der Waals surface area contributed by atoms with Gasteiger partial charge >= 0.3 is 5.97 Å². The highest BCUT2D eigenvalue weighted by molar-refractivity contribution is 5.66. The van der Waals surface area contributed by atoms with E-state index in [1.165, 1.54) is 0 Å². The third-order valence-electron chi connectivity index (χ3n) is 2.00. The van der Waals surface area contributed by atoms with Crippen LogP contribution in [0, 0.1) is 0 Å². The lowest BCUT2D eigenvalue weighted by Gasteiger charge is -2.06. The monoisotopic (exact) mass is 226 g/mol. The maximum atomic E-state index is 10.2. The highest BCUT2D eigenvalue weighted by Gasteiger charge is 2.04. The molecule has 1 N–H and O–H groups in total. The fourth-order valence-corrected chi connectivity index (χ4v) is 1.22. The topological polar surface area (TPSA) is 135 Å². The summed E-state index contributed by atoms with van der Waals surface area (Å²) >= 11 is 0. The molecule has 0 spiro atoms. The molecular weight excluding hydrogens is 212 g/mol. The molecule has 0 rings (SSSR count). The fourth-order valence-electron chi connectivity index (χ4n) is 1.22. The summed E-state index contributed by atoms with van der Waals surface area (Å²) in [4.78, 5) is 15.5. The lowest BCUT2D eigenvalue weighted by Crippen LogP contribution is -2.07. The molecule has 0 aromatic carbocycles. The van der Waals surface area contributed by atoms with Crippen LogP contribution in [0.3, 0.4) is 0 Å². The van der Waals surface area contributed by atoms with Crippen LogP contribution in [0.4, 0.5) is 0 Å². The van der Waals surface area contributed by atoms with E-state index in [0.29, 0.717) is 12.8 Å². The van der Waals surface area contributed by atoms with E-state index < -0.39 is 5.97 Å². The third-order valence-corrected chi connectivity index (χ3v) is 2.00. The van der Waals surface area contributed by atoms with Crippen molar-refractivity contribution < 1.29 is 9.90 Å². The molecule has 88 valence electrons. The summed E-state index contributed by atoms with van der Waals surface area (Å²) in [6, 6.07) is -0.328. The Hall–Kier alpha value is -1.91. The maximum absolute atomic E-state index is 10.2. The van der Waals surface area contributed by atoms with Gasteiger partial charge in [0.25, 0.3) is 0 Å². The molecule has 1 unspecified atom stereocenters. The van der Waals surface area contributed by atoms with E-state index in [1.54, 1.807) is 0 Å². The molecule has 0 fully saturated rings. The largest absolute Gasteiger partial charge is 0.481 e. The standard InChI is InChI=1S/C8H14N6O2/c9-13-11-6-7(12-14-10)4-2-1-3-5-8(15)16/h7H,1-6H2,(H,15,16). The van der Waals surface area contributed by atoms with Gasteiger partial charge in [-0.25, -0.2) is 0 Å². The number of hydrogen-bond acceptors (Lipinski definition) is 3. The van der Waals surface area contributed by atoms with Gasteiger partial charge in [0.2, 0.25) is 0 Å². The highest BCUT2D eigenvalue weighted by atomic mass is 16.4. The Morgan fingerprint density at radius 3 is 2.56 bits per heavy atom. The van der Waals surface area contributed by atoms with Gasteiger partial charge in [-0.3, -0.25) is 4.79 Å². The first-order valence-corrected chi connectivity index (χ1v) is 4.97. The molecule has 0 aliphatic carbocycles. The average molecular weight is 226 g/mol. The van der Waals surface area contributed by atoms with E-state index in [1.807, 2.05) is 0 Å². The Bertz CT molecular complexity index is 306. The number of hydrogen-bond donors (Lipinski definition) is 1. The Labute approximate surface area is 92.5 Å². The second-order valence-corrected chi connectivity index (χ2v) is 3.27. The van der Waals surface area contributed by atoms with Crippen LogP contribution in [0.25, 0.3) is 20.9 Å². The smallest absolute Gasteiger partial charge is 0.303 e. The lowest BCUT2D eigenvalue weighted by atomic mass is 10.1. The van der Waals surface area contributed by atoms with Gasteiger partial charge in [0.15, 0.2) is 0 Å². The van der Waals surface area contributed by atoms with Crippen molar-refractivity contribution >= 4 is 5.97 Å². The fraction of sp³-hybridized carbons (Fsp3) is 0.875. The average Bonchev–Trinajstić information content (AvgIpc) is 2.24. The molecule has 0 heterocycles. The molecule has 0 radical (unpaired) electrons. The van der Waals surface area contributed by atoms with Crippen LogP contribution >= 0.6 is 0 Å². The summed E-state index contributed by atoms with van der Waals surface area (Å²) < 4.78 is 0. The molecule has 0 amide bonds. The van der Waals surface area contributed by atoms with Crippen molar-refractivity contribution in [2.24, 2.45) is 10.2 Å². The van der Waals surface area contributed by atoms with Crippen molar-refractivity contribution in [1.82, 2.24) is 0 Å². The zero-order valence-corrected chi connectivity index (χ0v) is 8.86. The predicted molar refractivity (Wildman–Crippen MR) is 57.7 cm³/mol. The second kappa shape index (κ2) is 9.64. The number of azide groups is 2. The van der Waals surface area contributed by atoms with Crippen LogP contribution < -0.4 is 0 Å². The van der Waals surface area contributed by atoms with E-state index in [9.17, 15) is 4.79 Å². The summed E-state index contributed by atoms with van der Waals surface area (Å²) in [6.07, 6.45) is 2.91. The zero-order valence-electron chi connectivity index (χ0n) is 8.86. The molecule has 0 aliphatic rings. The molecule has 0 aliphatic heterocycles. The predicted octanol–water partition coefficient (Wildman–Crippen LogP) is 3.01. The molecule has 16 heavy (non-hydrogen) atoms. The van der Waals surface area contributed by atoms with Gasteiger partial charge in [-0.05, 0) is 23.9 Å². The number of carboxylic acid groups (broad SMARTS) is 1.